The first-order chi connectivity index (χ1) is 10.7. The molecule has 0 saturated heterocycles. The summed E-state index contributed by atoms with van der Waals surface area (Å²) in [5.41, 5.74) is 1.12. The quantitative estimate of drug-likeness (QED) is 0.456. The van der Waals surface area contributed by atoms with Crippen molar-refractivity contribution in [1.82, 2.24) is 10.6 Å². The molecule has 0 aliphatic carbocycles. The topological polar surface area (TPSA) is 87.7 Å². The number of ether oxygens (including phenoxy) is 1. The van der Waals surface area contributed by atoms with Crippen molar-refractivity contribution < 1.29 is 19.4 Å². The Morgan fingerprint density at radius 3 is 2.32 bits per heavy atom. The van der Waals surface area contributed by atoms with E-state index in [0.29, 0.717) is 32.5 Å². The summed E-state index contributed by atoms with van der Waals surface area (Å²) in [4.78, 5) is 23.1. The lowest BCUT2D eigenvalue weighted by molar-refractivity contribution is -0.139. The third-order valence-corrected chi connectivity index (χ3v) is 3.32. The van der Waals surface area contributed by atoms with Crippen molar-refractivity contribution in [2.45, 2.75) is 18.8 Å². The fourth-order valence-electron chi connectivity index (χ4n) is 2.15. The molecule has 0 aliphatic heterocycles. The highest BCUT2D eigenvalue weighted by atomic mass is 16.5. The molecule has 0 radical (unpaired) electrons. The predicted molar refractivity (Wildman–Crippen MR) is 83.4 cm³/mol. The lowest BCUT2D eigenvalue weighted by Gasteiger charge is -2.16. The number of carbonyl (C=O) groups is 2. The predicted octanol–water partition coefficient (Wildman–Crippen LogP) is 0.422. The Morgan fingerprint density at radius 1 is 1.09 bits per heavy atom. The zero-order valence-electron chi connectivity index (χ0n) is 12.9. The number of amides is 2. The van der Waals surface area contributed by atoms with E-state index in [1.54, 1.807) is 0 Å². The Kier molecular flexibility index (Phi) is 8.86. The molecule has 6 heteroatoms. The third kappa shape index (κ3) is 6.69. The number of hydrogen-bond acceptors (Lipinski definition) is 4. The summed E-state index contributed by atoms with van der Waals surface area (Å²) < 4.78 is 4.79. The van der Waals surface area contributed by atoms with Crippen LogP contribution in [-0.4, -0.2) is 50.3 Å². The van der Waals surface area contributed by atoms with Gasteiger partial charge in [0.1, 0.15) is 0 Å². The number of nitrogens with one attached hydrogen (secondary N) is 2. The van der Waals surface area contributed by atoms with Crippen molar-refractivity contribution in [1.29, 1.82) is 0 Å². The molecule has 22 heavy (non-hydrogen) atoms. The summed E-state index contributed by atoms with van der Waals surface area (Å²) in [6.07, 6.45) is 1.29. The second kappa shape index (κ2) is 10.8. The number of aliphatic hydroxyl groups excluding tert-OH is 1. The van der Waals surface area contributed by atoms with E-state index in [1.807, 2.05) is 30.3 Å². The van der Waals surface area contributed by atoms with E-state index in [2.05, 4.69) is 10.6 Å². The van der Waals surface area contributed by atoms with Crippen LogP contribution in [0.15, 0.2) is 30.3 Å². The van der Waals surface area contributed by atoms with Gasteiger partial charge in [0.05, 0.1) is 6.61 Å². The SMILES string of the molecule is COCCNC(=O)C(=O)NCC[C@@H](CCO)c1ccccc1. The van der Waals surface area contributed by atoms with Gasteiger partial charge in [0.2, 0.25) is 0 Å². The first kappa shape index (κ1) is 18.1. The van der Waals surface area contributed by atoms with E-state index >= 15 is 0 Å². The molecule has 0 heterocycles. The first-order valence-electron chi connectivity index (χ1n) is 7.39. The second-order valence-corrected chi connectivity index (χ2v) is 4.91. The van der Waals surface area contributed by atoms with Crippen LogP contribution in [0.5, 0.6) is 0 Å². The summed E-state index contributed by atoms with van der Waals surface area (Å²) in [6, 6.07) is 9.83. The Bertz CT molecular complexity index is 451. The molecule has 0 fully saturated rings. The summed E-state index contributed by atoms with van der Waals surface area (Å²) in [6.45, 7) is 1.15. The largest absolute Gasteiger partial charge is 0.396 e. The molecule has 1 atom stereocenters. The number of benzene rings is 1. The highest BCUT2D eigenvalue weighted by Crippen LogP contribution is 2.22. The number of carbonyl (C=O) groups excluding carboxylic acids is 2. The zero-order valence-corrected chi connectivity index (χ0v) is 12.9. The minimum atomic E-state index is -0.657. The van der Waals surface area contributed by atoms with E-state index in [1.165, 1.54) is 7.11 Å². The second-order valence-electron chi connectivity index (χ2n) is 4.91. The average molecular weight is 308 g/mol. The van der Waals surface area contributed by atoms with Gasteiger partial charge in [-0.05, 0) is 24.3 Å². The van der Waals surface area contributed by atoms with Crippen LogP contribution in [0.25, 0.3) is 0 Å². The van der Waals surface area contributed by atoms with Crippen LogP contribution in [0.3, 0.4) is 0 Å². The minimum Gasteiger partial charge on any atom is -0.396 e. The van der Waals surface area contributed by atoms with Gasteiger partial charge < -0.3 is 20.5 Å². The van der Waals surface area contributed by atoms with Gasteiger partial charge in [0.15, 0.2) is 0 Å². The smallest absolute Gasteiger partial charge is 0.309 e. The average Bonchev–Trinajstić information content (AvgIpc) is 2.54. The molecule has 3 N–H and O–H groups in total. The molecule has 0 aliphatic rings. The number of methoxy groups -OCH3 is 1. The van der Waals surface area contributed by atoms with Gasteiger partial charge in [-0.15, -0.1) is 0 Å². The fraction of sp³-hybridized carbons (Fsp3) is 0.500. The monoisotopic (exact) mass is 308 g/mol. The van der Waals surface area contributed by atoms with Crippen LogP contribution in [0.4, 0.5) is 0 Å². The van der Waals surface area contributed by atoms with Crippen LogP contribution < -0.4 is 10.6 Å². The lowest BCUT2D eigenvalue weighted by atomic mass is 9.93. The Balaban J connectivity index is 2.36. The van der Waals surface area contributed by atoms with Gasteiger partial charge in [-0.2, -0.15) is 0 Å². The fourth-order valence-corrected chi connectivity index (χ4v) is 2.15. The van der Waals surface area contributed by atoms with Gasteiger partial charge >= 0.3 is 11.8 Å². The maximum Gasteiger partial charge on any atom is 0.309 e. The number of rotatable bonds is 9. The molecule has 0 aromatic heterocycles. The molecule has 0 spiro atoms. The molecule has 0 unspecified atom stereocenters. The van der Waals surface area contributed by atoms with Gasteiger partial charge in [0.25, 0.3) is 0 Å². The molecular formula is C16H24N2O4. The van der Waals surface area contributed by atoms with Crippen molar-refractivity contribution in [3.05, 3.63) is 35.9 Å². The molecular weight excluding hydrogens is 284 g/mol. The molecule has 1 rings (SSSR count). The van der Waals surface area contributed by atoms with E-state index in [4.69, 9.17) is 9.84 Å². The van der Waals surface area contributed by atoms with Gasteiger partial charge in [0, 0.05) is 26.8 Å². The molecule has 0 saturated carbocycles. The molecule has 0 bridgehead atoms. The highest BCUT2D eigenvalue weighted by molar-refractivity contribution is 6.35. The van der Waals surface area contributed by atoms with E-state index in [9.17, 15) is 9.59 Å². The summed E-state index contributed by atoms with van der Waals surface area (Å²) in [7, 11) is 1.52. The van der Waals surface area contributed by atoms with Crippen LogP contribution in [-0.2, 0) is 14.3 Å². The molecule has 1 aromatic carbocycles. The molecule has 2 amide bonds. The Hall–Kier alpha value is -1.92. The maximum atomic E-state index is 11.6. The maximum absolute atomic E-state index is 11.6. The normalized spacial score (nSPS) is 11.7. The van der Waals surface area contributed by atoms with Crippen LogP contribution >= 0.6 is 0 Å². The zero-order chi connectivity index (χ0) is 16.2. The summed E-state index contributed by atoms with van der Waals surface area (Å²) >= 11 is 0. The van der Waals surface area contributed by atoms with Crippen molar-refractivity contribution in [2.24, 2.45) is 0 Å². The van der Waals surface area contributed by atoms with Crippen molar-refractivity contribution >= 4 is 11.8 Å². The molecule has 122 valence electrons. The standard InChI is InChI=1S/C16H24N2O4/c1-22-12-10-18-16(21)15(20)17-9-7-14(8-11-19)13-5-3-2-4-6-13/h2-6,14,19H,7-12H2,1H3,(H,17,20)(H,18,21)/t14-/m0/s1. The number of aliphatic hydroxyl groups is 1. The third-order valence-electron chi connectivity index (χ3n) is 3.32. The lowest BCUT2D eigenvalue weighted by Crippen LogP contribution is -2.41. The van der Waals surface area contributed by atoms with E-state index < -0.39 is 11.8 Å². The molecule has 1 aromatic rings. The van der Waals surface area contributed by atoms with Crippen molar-refractivity contribution in [3.63, 3.8) is 0 Å². The summed E-state index contributed by atoms with van der Waals surface area (Å²) in [5.74, 6) is -1.15. The molecule has 6 nitrogen and oxygen atoms in total. The van der Waals surface area contributed by atoms with Crippen LogP contribution in [0.1, 0.15) is 24.3 Å². The van der Waals surface area contributed by atoms with Gasteiger partial charge in [-0.1, -0.05) is 30.3 Å². The van der Waals surface area contributed by atoms with E-state index in [0.717, 1.165) is 5.56 Å². The highest BCUT2D eigenvalue weighted by Gasteiger charge is 2.14. The van der Waals surface area contributed by atoms with Crippen molar-refractivity contribution in [3.8, 4) is 0 Å². The van der Waals surface area contributed by atoms with Crippen LogP contribution in [0, 0.1) is 0 Å². The Labute approximate surface area is 130 Å². The van der Waals surface area contributed by atoms with E-state index in [-0.39, 0.29) is 12.5 Å². The summed E-state index contributed by atoms with van der Waals surface area (Å²) in [5, 5.41) is 14.2. The van der Waals surface area contributed by atoms with Crippen LogP contribution in [0.2, 0.25) is 0 Å². The number of hydrogen-bond donors (Lipinski definition) is 3. The Morgan fingerprint density at radius 2 is 1.73 bits per heavy atom. The van der Waals surface area contributed by atoms with Gasteiger partial charge in [-0.25, -0.2) is 0 Å². The first-order valence-corrected chi connectivity index (χ1v) is 7.39. The minimum absolute atomic E-state index is 0.0883. The van der Waals surface area contributed by atoms with Gasteiger partial charge in [-0.3, -0.25) is 9.59 Å². The van der Waals surface area contributed by atoms with Crippen molar-refractivity contribution in [2.75, 3.05) is 33.4 Å².